The molecule has 35 heavy (non-hydrogen) atoms. The number of carbonyl (C=O) groups is 1. The molecule has 0 spiro atoms. The van der Waals surface area contributed by atoms with Crippen LogP contribution in [-0.4, -0.2) is 61.4 Å². The number of hydrogen-bond acceptors (Lipinski definition) is 8. The molecule has 1 aromatic heterocycles. The van der Waals surface area contributed by atoms with Crippen LogP contribution in [0.15, 0.2) is 41.2 Å². The molecule has 2 aromatic carbocycles. The molecule has 11 heteroatoms. The number of halogens is 3. The van der Waals surface area contributed by atoms with Gasteiger partial charge >= 0.3 is 5.97 Å². The van der Waals surface area contributed by atoms with Crippen molar-refractivity contribution in [3.63, 3.8) is 0 Å². The van der Waals surface area contributed by atoms with E-state index in [1.165, 1.54) is 17.4 Å². The smallest absolute Gasteiger partial charge is 0.342 e. The second-order valence-corrected chi connectivity index (χ2v) is 7.94. The van der Waals surface area contributed by atoms with E-state index in [2.05, 4.69) is 4.98 Å². The standard InChI is InChI=1S/C24H28N2O5S.3ClH/c1-5-29-20-10-7-16(13-21(20)30-6-2)22-17(18-14-32-15-25-18)8-9-19(27)23(22)24(28)31-12-11-26(3)4;;;/h7-10,13-15,27H,5-6,11-12H2,1-4H3;3*1H. The molecule has 0 fully saturated rings. The third-order valence-corrected chi connectivity index (χ3v) is 5.29. The Hall–Kier alpha value is -2.23. The summed E-state index contributed by atoms with van der Waals surface area (Å²) >= 11 is 1.45. The van der Waals surface area contributed by atoms with Gasteiger partial charge < -0.3 is 24.2 Å². The van der Waals surface area contributed by atoms with E-state index in [0.717, 1.165) is 5.56 Å². The monoisotopic (exact) mass is 564 g/mol. The van der Waals surface area contributed by atoms with E-state index >= 15 is 0 Å². The molecule has 7 nitrogen and oxygen atoms in total. The molecule has 0 saturated carbocycles. The van der Waals surface area contributed by atoms with E-state index in [0.29, 0.717) is 48.1 Å². The summed E-state index contributed by atoms with van der Waals surface area (Å²) in [7, 11) is 3.80. The van der Waals surface area contributed by atoms with Gasteiger partial charge in [-0.1, -0.05) is 6.07 Å². The van der Waals surface area contributed by atoms with Gasteiger partial charge in [0.25, 0.3) is 0 Å². The zero-order valence-corrected chi connectivity index (χ0v) is 23.2. The molecule has 1 N–H and O–H groups in total. The van der Waals surface area contributed by atoms with Crippen LogP contribution in [0.2, 0.25) is 0 Å². The quantitative estimate of drug-likeness (QED) is 0.304. The summed E-state index contributed by atoms with van der Waals surface area (Å²) < 4.78 is 16.9. The molecule has 3 rings (SSSR count). The highest BCUT2D eigenvalue weighted by atomic mass is 35.5. The van der Waals surface area contributed by atoms with Gasteiger partial charge in [-0.05, 0) is 57.8 Å². The SMILES string of the molecule is CCOc1ccc(-c2c(-c3cscn3)ccc(O)c2C(=O)OCCN(C)C)cc1OCC.Cl.Cl.Cl. The number of benzene rings is 2. The fourth-order valence-corrected chi connectivity index (χ4v) is 3.81. The molecule has 1 heterocycles. The lowest BCUT2D eigenvalue weighted by Gasteiger charge is -2.18. The zero-order chi connectivity index (χ0) is 23.1. The number of hydrogen-bond donors (Lipinski definition) is 1. The lowest BCUT2D eigenvalue weighted by molar-refractivity contribution is 0.0479. The number of esters is 1. The number of phenols is 1. The summed E-state index contributed by atoms with van der Waals surface area (Å²) in [5, 5.41) is 12.6. The van der Waals surface area contributed by atoms with Crippen LogP contribution in [0.5, 0.6) is 17.2 Å². The number of phenolic OH excluding ortho intramolecular Hbond substituents is 1. The van der Waals surface area contributed by atoms with Crippen LogP contribution in [0.4, 0.5) is 0 Å². The molecule has 0 atom stereocenters. The summed E-state index contributed by atoms with van der Waals surface area (Å²) in [6.07, 6.45) is 0. The maximum Gasteiger partial charge on any atom is 0.342 e. The minimum absolute atomic E-state index is 0. The van der Waals surface area contributed by atoms with Crippen LogP contribution in [0.3, 0.4) is 0 Å². The third kappa shape index (κ3) is 8.15. The number of thiazole rings is 1. The highest BCUT2D eigenvalue weighted by Crippen LogP contribution is 2.42. The summed E-state index contributed by atoms with van der Waals surface area (Å²) in [6.45, 7) is 5.54. The van der Waals surface area contributed by atoms with Gasteiger partial charge in [-0.25, -0.2) is 9.78 Å². The fraction of sp³-hybridized carbons (Fsp3) is 0.333. The topological polar surface area (TPSA) is 81.1 Å². The first-order valence-electron chi connectivity index (χ1n) is 10.4. The summed E-state index contributed by atoms with van der Waals surface area (Å²) in [5.41, 5.74) is 4.48. The van der Waals surface area contributed by atoms with Crippen molar-refractivity contribution in [3.8, 4) is 39.6 Å². The Morgan fingerprint density at radius 1 is 1.03 bits per heavy atom. The first-order chi connectivity index (χ1) is 15.5. The van der Waals surface area contributed by atoms with Crippen LogP contribution in [0.1, 0.15) is 24.2 Å². The highest BCUT2D eigenvalue weighted by molar-refractivity contribution is 7.07. The van der Waals surface area contributed by atoms with Gasteiger partial charge in [0.1, 0.15) is 17.9 Å². The molecular formula is C24H31Cl3N2O5S. The number of aromatic nitrogens is 1. The number of ether oxygens (including phenoxy) is 3. The first kappa shape index (κ1) is 32.8. The maximum absolute atomic E-state index is 13.1. The van der Waals surface area contributed by atoms with E-state index in [1.54, 1.807) is 17.6 Å². The number of nitrogens with zero attached hydrogens (tertiary/aromatic N) is 2. The lowest BCUT2D eigenvalue weighted by atomic mass is 9.92. The molecule has 194 valence electrons. The van der Waals surface area contributed by atoms with Gasteiger partial charge in [-0.15, -0.1) is 48.6 Å². The second kappa shape index (κ2) is 15.7. The Morgan fingerprint density at radius 2 is 1.71 bits per heavy atom. The molecular weight excluding hydrogens is 535 g/mol. The van der Waals surface area contributed by atoms with Gasteiger partial charge in [0.15, 0.2) is 11.5 Å². The van der Waals surface area contributed by atoms with Crippen molar-refractivity contribution in [1.29, 1.82) is 0 Å². The average Bonchev–Trinajstić information content (AvgIpc) is 3.29. The lowest BCUT2D eigenvalue weighted by Crippen LogP contribution is -2.20. The average molecular weight is 566 g/mol. The number of likely N-dealkylation sites (N-methyl/N-ethyl adjacent to an activating group) is 1. The molecule has 0 aliphatic rings. The van der Waals surface area contributed by atoms with E-state index in [4.69, 9.17) is 14.2 Å². The van der Waals surface area contributed by atoms with E-state index in [-0.39, 0.29) is 55.1 Å². The van der Waals surface area contributed by atoms with Gasteiger partial charge in [0, 0.05) is 23.1 Å². The van der Waals surface area contributed by atoms with E-state index in [1.807, 2.05) is 50.4 Å². The van der Waals surface area contributed by atoms with Crippen LogP contribution >= 0.6 is 48.6 Å². The summed E-state index contributed by atoms with van der Waals surface area (Å²) in [6, 6.07) is 8.72. The van der Waals surface area contributed by atoms with Gasteiger partial charge in [-0.3, -0.25) is 0 Å². The van der Waals surface area contributed by atoms with E-state index in [9.17, 15) is 9.90 Å². The van der Waals surface area contributed by atoms with Crippen molar-refractivity contribution in [2.75, 3.05) is 40.5 Å². The predicted molar refractivity (Wildman–Crippen MR) is 148 cm³/mol. The molecule has 0 amide bonds. The number of carbonyl (C=O) groups excluding carboxylic acids is 1. The molecule has 3 aromatic rings. The Morgan fingerprint density at radius 3 is 2.31 bits per heavy atom. The Labute approximate surface area is 228 Å². The molecule has 0 saturated heterocycles. The minimum Gasteiger partial charge on any atom is -0.507 e. The minimum atomic E-state index is -0.594. The summed E-state index contributed by atoms with van der Waals surface area (Å²) in [4.78, 5) is 19.4. The maximum atomic E-state index is 13.1. The highest BCUT2D eigenvalue weighted by Gasteiger charge is 2.25. The molecule has 0 aliphatic carbocycles. The molecule has 0 radical (unpaired) electrons. The van der Waals surface area contributed by atoms with Crippen LogP contribution < -0.4 is 9.47 Å². The van der Waals surface area contributed by atoms with Crippen LogP contribution in [0, 0.1) is 0 Å². The van der Waals surface area contributed by atoms with Crippen molar-refractivity contribution in [2.24, 2.45) is 0 Å². The van der Waals surface area contributed by atoms with Crippen molar-refractivity contribution in [2.45, 2.75) is 13.8 Å². The van der Waals surface area contributed by atoms with E-state index < -0.39 is 5.97 Å². The second-order valence-electron chi connectivity index (χ2n) is 7.22. The third-order valence-electron chi connectivity index (χ3n) is 4.70. The van der Waals surface area contributed by atoms with Crippen molar-refractivity contribution >= 4 is 54.5 Å². The van der Waals surface area contributed by atoms with Crippen LogP contribution in [-0.2, 0) is 4.74 Å². The molecule has 0 bridgehead atoms. The molecule has 0 aliphatic heterocycles. The summed E-state index contributed by atoms with van der Waals surface area (Å²) in [5.74, 6) is 0.430. The van der Waals surface area contributed by atoms with Crippen LogP contribution in [0.25, 0.3) is 22.4 Å². The Balaban J connectivity index is 0.00000385. The Bertz CT molecular complexity index is 1070. The zero-order valence-electron chi connectivity index (χ0n) is 20.0. The molecule has 0 unspecified atom stereocenters. The first-order valence-corrected chi connectivity index (χ1v) is 11.4. The Kier molecular flexibility index (Phi) is 14.7. The van der Waals surface area contributed by atoms with Gasteiger partial charge in [-0.2, -0.15) is 0 Å². The number of rotatable bonds is 10. The van der Waals surface area contributed by atoms with Gasteiger partial charge in [0.2, 0.25) is 0 Å². The number of aromatic hydroxyl groups is 1. The largest absolute Gasteiger partial charge is 0.507 e. The predicted octanol–water partition coefficient (Wildman–Crippen LogP) is 5.96. The van der Waals surface area contributed by atoms with Crippen molar-refractivity contribution in [3.05, 3.63) is 46.8 Å². The fourth-order valence-electron chi connectivity index (χ4n) is 3.26. The van der Waals surface area contributed by atoms with Crippen molar-refractivity contribution in [1.82, 2.24) is 9.88 Å². The van der Waals surface area contributed by atoms with Gasteiger partial charge in [0.05, 0.1) is 24.4 Å². The van der Waals surface area contributed by atoms with Crippen molar-refractivity contribution < 1.29 is 24.1 Å². The normalized spacial score (nSPS) is 9.97.